The number of rotatable bonds is 4. The number of carboxylic acid groups (broad SMARTS) is 1. The van der Waals surface area contributed by atoms with Crippen molar-refractivity contribution in [1.29, 1.82) is 0 Å². The third-order valence-corrected chi connectivity index (χ3v) is 4.49. The fraction of sp³-hybridized carbons (Fsp3) is 0.0588. The van der Waals surface area contributed by atoms with Gasteiger partial charge in [-0.1, -0.05) is 29.5 Å². The Morgan fingerprint density at radius 2 is 1.88 bits per heavy atom. The summed E-state index contributed by atoms with van der Waals surface area (Å²) in [4.78, 5) is 27.3. The topological polar surface area (TPSA) is 111 Å². The number of nitrogens with zero attached hydrogens (tertiary/aromatic N) is 3. The number of benzene rings is 2. The highest BCUT2D eigenvalue weighted by molar-refractivity contribution is 7.12. The Morgan fingerprint density at radius 3 is 2.52 bits per heavy atom. The van der Waals surface area contributed by atoms with Crippen molar-refractivity contribution in [3.63, 3.8) is 0 Å². The minimum Gasteiger partial charge on any atom is -0.478 e. The summed E-state index contributed by atoms with van der Waals surface area (Å²) in [5, 5.41) is 14.2. The molecule has 25 heavy (non-hydrogen) atoms. The number of carboxylic acids is 1. The van der Waals surface area contributed by atoms with Crippen molar-refractivity contribution in [1.82, 2.24) is 9.78 Å². The monoisotopic (exact) mass is 354 g/mol. The normalized spacial score (nSPS) is 11.5. The summed E-state index contributed by atoms with van der Waals surface area (Å²) in [7, 11) is 1.76. The van der Waals surface area contributed by atoms with E-state index in [1.54, 1.807) is 48.1 Å². The number of carbonyl (C=O) groups is 2. The van der Waals surface area contributed by atoms with Crippen molar-refractivity contribution in [2.24, 2.45) is 17.8 Å². The minimum absolute atomic E-state index is 0.177. The van der Waals surface area contributed by atoms with Crippen molar-refractivity contribution in [2.75, 3.05) is 0 Å². The number of aryl methyl sites for hydroxylation is 1. The molecule has 3 aromatic rings. The molecule has 0 atom stereocenters. The van der Waals surface area contributed by atoms with E-state index in [1.165, 1.54) is 23.5 Å². The first kappa shape index (κ1) is 16.6. The molecule has 0 aliphatic carbocycles. The third-order valence-electron chi connectivity index (χ3n) is 3.44. The Morgan fingerprint density at radius 1 is 1.16 bits per heavy atom. The summed E-state index contributed by atoms with van der Waals surface area (Å²) in [6.07, 6.45) is 0. The smallest absolute Gasteiger partial charge is 0.335 e. The zero-order valence-corrected chi connectivity index (χ0v) is 14.0. The van der Waals surface area contributed by atoms with Crippen LogP contribution in [0.15, 0.2) is 53.5 Å². The van der Waals surface area contributed by atoms with E-state index in [0.717, 1.165) is 10.6 Å². The molecular weight excluding hydrogens is 340 g/mol. The number of amides is 1. The second-order valence-electron chi connectivity index (χ2n) is 5.22. The Bertz CT molecular complexity index is 1020. The van der Waals surface area contributed by atoms with Crippen molar-refractivity contribution in [3.05, 3.63) is 64.5 Å². The van der Waals surface area contributed by atoms with Crippen LogP contribution in [0.1, 0.15) is 20.7 Å². The second kappa shape index (κ2) is 6.70. The van der Waals surface area contributed by atoms with Crippen LogP contribution in [-0.4, -0.2) is 26.8 Å². The van der Waals surface area contributed by atoms with Gasteiger partial charge in [0.15, 0.2) is 0 Å². The average Bonchev–Trinajstić information content (AvgIpc) is 2.96. The van der Waals surface area contributed by atoms with E-state index in [-0.39, 0.29) is 5.56 Å². The summed E-state index contributed by atoms with van der Waals surface area (Å²) in [6, 6.07) is 13.2. The second-order valence-corrected chi connectivity index (χ2v) is 6.18. The molecule has 1 amide bonds. The molecule has 0 unspecified atom stereocenters. The van der Waals surface area contributed by atoms with Gasteiger partial charge >= 0.3 is 5.97 Å². The Kier molecular flexibility index (Phi) is 4.44. The Hall–Kier alpha value is -3.26. The number of nitrogens with two attached hydrogens (primary N) is 1. The lowest BCUT2D eigenvalue weighted by molar-refractivity contribution is 0.0696. The number of hydrogen-bond acceptors (Lipinski definition) is 5. The lowest BCUT2D eigenvalue weighted by Crippen LogP contribution is -2.11. The van der Waals surface area contributed by atoms with E-state index < -0.39 is 11.9 Å². The zero-order valence-electron chi connectivity index (χ0n) is 13.2. The first-order valence-corrected chi connectivity index (χ1v) is 8.08. The molecule has 1 heterocycles. The van der Waals surface area contributed by atoms with Gasteiger partial charge in [0.25, 0.3) is 0 Å². The molecule has 7 nitrogen and oxygen atoms in total. The van der Waals surface area contributed by atoms with Crippen LogP contribution in [0.5, 0.6) is 0 Å². The molecule has 1 aromatic heterocycles. The van der Waals surface area contributed by atoms with Crippen LogP contribution in [0.4, 0.5) is 5.69 Å². The van der Waals surface area contributed by atoms with Crippen molar-refractivity contribution >= 4 is 28.9 Å². The lowest BCUT2D eigenvalue weighted by Gasteiger charge is -1.97. The molecule has 8 heteroatoms. The predicted octanol–water partition coefficient (Wildman–Crippen LogP) is 2.18. The largest absolute Gasteiger partial charge is 0.478 e. The van der Waals surface area contributed by atoms with Crippen molar-refractivity contribution in [2.45, 2.75) is 0 Å². The van der Waals surface area contributed by atoms with Crippen molar-refractivity contribution in [3.8, 4) is 10.6 Å². The van der Waals surface area contributed by atoms with Crippen LogP contribution < -0.4 is 10.5 Å². The molecule has 126 valence electrons. The van der Waals surface area contributed by atoms with Gasteiger partial charge in [-0.05, 0) is 30.3 Å². The zero-order chi connectivity index (χ0) is 18.0. The summed E-state index contributed by atoms with van der Waals surface area (Å²) in [6.45, 7) is 0. The maximum absolute atomic E-state index is 11.1. The first-order chi connectivity index (χ1) is 11.9. The highest BCUT2D eigenvalue weighted by atomic mass is 32.1. The van der Waals surface area contributed by atoms with Gasteiger partial charge in [-0.15, -0.1) is 0 Å². The van der Waals surface area contributed by atoms with Crippen LogP contribution in [0.2, 0.25) is 0 Å². The van der Waals surface area contributed by atoms with Crippen LogP contribution in [0, 0.1) is 0 Å². The van der Waals surface area contributed by atoms with Crippen LogP contribution in [0.3, 0.4) is 0 Å². The van der Waals surface area contributed by atoms with Gasteiger partial charge in [-0.2, -0.15) is 5.10 Å². The van der Waals surface area contributed by atoms with Gasteiger partial charge in [-0.25, -0.2) is 14.5 Å². The minimum atomic E-state index is -0.999. The summed E-state index contributed by atoms with van der Waals surface area (Å²) < 4.78 is 1.62. The first-order valence-electron chi connectivity index (χ1n) is 7.26. The standard InChI is InChI=1S/C17H14N4O3S/c1-21-17(19-13-4-2-3-12(9-13)16(23)24)25-15(20-21)11-7-5-10(6-8-11)14(18)22/h2-9H,1H3,(H2,18,22)(H,23,24). The average molecular weight is 354 g/mol. The van der Waals surface area contributed by atoms with Gasteiger partial charge < -0.3 is 10.8 Å². The van der Waals surface area contributed by atoms with Crippen LogP contribution in [0.25, 0.3) is 10.6 Å². The molecule has 0 fully saturated rings. The molecule has 3 N–H and O–H groups in total. The summed E-state index contributed by atoms with van der Waals surface area (Å²) in [5.74, 6) is -1.48. The van der Waals surface area contributed by atoms with E-state index in [9.17, 15) is 9.59 Å². The van der Waals surface area contributed by atoms with Gasteiger partial charge in [0.1, 0.15) is 5.01 Å². The van der Waals surface area contributed by atoms with Gasteiger partial charge in [0.05, 0.1) is 11.3 Å². The molecule has 0 bridgehead atoms. The molecule has 0 spiro atoms. The molecule has 3 rings (SSSR count). The van der Waals surface area contributed by atoms with Crippen LogP contribution >= 0.6 is 11.3 Å². The number of carbonyl (C=O) groups excluding carboxylic acids is 1. The maximum Gasteiger partial charge on any atom is 0.335 e. The molecule has 0 saturated heterocycles. The van der Waals surface area contributed by atoms with Crippen molar-refractivity contribution < 1.29 is 14.7 Å². The molecule has 0 radical (unpaired) electrons. The van der Waals surface area contributed by atoms with Gasteiger partial charge in [0, 0.05) is 18.2 Å². The van der Waals surface area contributed by atoms with Crippen LogP contribution in [-0.2, 0) is 7.05 Å². The number of primary amides is 1. The number of aromatic nitrogens is 2. The van der Waals surface area contributed by atoms with Gasteiger partial charge in [-0.3, -0.25) is 4.79 Å². The highest BCUT2D eigenvalue weighted by Crippen LogP contribution is 2.20. The fourth-order valence-corrected chi connectivity index (χ4v) is 3.07. The van der Waals surface area contributed by atoms with E-state index in [1.807, 2.05) is 0 Å². The Balaban J connectivity index is 1.98. The third kappa shape index (κ3) is 3.64. The summed E-state index contributed by atoms with van der Waals surface area (Å²) in [5.41, 5.74) is 7.22. The van der Waals surface area contributed by atoms with Gasteiger partial charge in [0.2, 0.25) is 10.7 Å². The highest BCUT2D eigenvalue weighted by Gasteiger charge is 2.08. The molecule has 2 aromatic carbocycles. The van der Waals surface area contributed by atoms with E-state index in [2.05, 4.69) is 10.1 Å². The summed E-state index contributed by atoms with van der Waals surface area (Å²) >= 11 is 1.36. The maximum atomic E-state index is 11.1. The molecule has 0 aliphatic heterocycles. The predicted molar refractivity (Wildman–Crippen MR) is 93.7 cm³/mol. The van der Waals surface area contributed by atoms with E-state index >= 15 is 0 Å². The van der Waals surface area contributed by atoms with E-state index in [4.69, 9.17) is 10.8 Å². The van der Waals surface area contributed by atoms with E-state index in [0.29, 0.717) is 16.1 Å². The Labute approximate surface area is 146 Å². The quantitative estimate of drug-likeness (QED) is 0.748. The SMILES string of the molecule is Cn1nc(-c2ccc(C(N)=O)cc2)sc1=Nc1cccc(C(=O)O)c1. The number of aromatic carboxylic acids is 1. The number of hydrogen-bond donors (Lipinski definition) is 2. The molecule has 0 saturated carbocycles. The lowest BCUT2D eigenvalue weighted by atomic mass is 10.1. The molecular formula is C17H14N4O3S. The molecule has 0 aliphatic rings. The fourth-order valence-electron chi connectivity index (χ4n) is 2.16.